The summed E-state index contributed by atoms with van der Waals surface area (Å²) in [5.41, 5.74) is 0.977. The van der Waals surface area contributed by atoms with E-state index in [4.69, 9.17) is 0 Å². The van der Waals surface area contributed by atoms with Crippen LogP contribution in [0.5, 0.6) is 0 Å². The highest BCUT2D eigenvalue weighted by atomic mass is 19.2. The normalized spacial score (nSPS) is 30.0. The highest BCUT2D eigenvalue weighted by Gasteiger charge is 2.23. The summed E-state index contributed by atoms with van der Waals surface area (Å²) in [6.07, 6.45) is 19.0. The highest BCUT2D eigenvalue weighted by molar-refractivity contribution is 5.22. The Kier molecular flexibility index (Phi) is 7.28. The van der Waals surface area contributed by atoms with E-state index in [9.17, 15) is 8.78 Å². The molecule has 2 aliphatic carbocycles. The Morgan fingerprint density at radius 1 is 0.885 bits per heavy atom. The molecule has 0 N–H and O–H groups in total. The van der Waals surface area contributed by atoms with Gasteiger partial charge in [0.05, 0.1) is 0 Å². The average Bonchev–Trinajstić information content (AvgIpc) is 2.68. The maximum absolute atomic E-state index is 13.4. The molecule has 3 rings (SSSR count). The third-order valence-electron chi connectivity index (χ3n) is 6.88. The summed E-state index contributed by atoms with van der Waals surface area (Å²) in [6, 6.07) is 4.44. The van der Waals surface area contributed by atoms with Crippen molar-refractivity contribution in [1.82, 2.24) is 0 Å². The fraction of sp³-hybridized carbons (Fsp3) is 0.667. The molecule has 0 nitrogen and oxygen atoms in total. The van der Waals surface area contributed by atoms with Gasteiger partial charge in [-0.1, -0.05) is 31.6 Å². The minimum Gasteiger partial charge on any atom is -0.204 e. The minimum absolute atomic E-state index is 0.408. The molecule has 2 aliphatic rings. The van der Waals surface area contributed by atoms with Gasteiger partial charge in [0.1, 0.15) is 0 Å². The van der Waals surface area contributed by atoms with Gasteiger partial charge in [0.15, 0.2) is 11.6 Å². The monoisotopic (exact) mass is 360 g/mol. The van der Waals surface area contributed by atoms with E-state index in [1.165, 1.54) is 69.9 Å². The first-order chi connectivity index (χ1) is 12.7. The number of rotatable bonds is 6. The van der Waals surface area contributed by atoms with E-state index in [1.54, 1.807) is 6.07 Å². The van der Waals surface area contributed by atoms with Crippen molar-refractivity contribution in [1.29, 1.82) is 0 Å². The van der Waals surface area contributed by atoms with E-state index in [-0.39, 0.29) is 0 Å². The molecule has 26 heavy (non-hydrogen) atoms. The van der Waals surface area contributed by atoms with Crippen molar-refractivity contribution in [2.24, 2.45) is 17.8 Å². The van der Waals surface area contributed by atoms with Crippen LogP contribution in [0.15, 0.2) is 30.4 Å². The summed E-state index contributed by atoms with van der Waals surface area (Å²) in [5, 5.41) is 0. The number of hydrogen-bond donors (Lipinski definition) is 0. The Morgan fingerprint density at radius 2 is 1.58 bits per heavy atom. The standard InChI is InChI=1S/C24H34F2/c1-2-18-7-9-19(10-8-18)5-3-4-6-20-11-13-21(14-12-20)22-15-16-23(25)24(26)17-22/h3,5,15-21H,2,4,6-14H2,1H3/b5-3+. The van der Waals surface area contributed by atoms with Crippen molar-refractivity contribution in [3.8, 4) is 0 Å². The van der Waals surface area contributed by atoms with E-state index in [2.05, 4.69) is 19.1 Å². The molecular formula is C24H34F2. The summed E-state index contributed by atoms with van der Waals surface area (Å²) in [4.78, 5) is 0. The second-order valence-corrected chi connectivity index (χ2v) is 8.59. The van der Waals surface area contributed by atoms with Crippen LogP contribution in [0, 0.1) is 29.4 Å². The number of benzene rings is 1. The summed E-state index contributed by atoms with van der Waals surface area (Å²) in [6.45, 7) is 2.32. The zero-order chi connectivity index (χ0) is 18.4. The number of allylic oxidation sites excluding steroid dienone is 2. The topological polar surface area (TPSA) is 0 Å². The van der Waals surface area contributed by atoms with Crippen molar-refractivity contribution in [3.63, 3.8) is 0 Å². The molecule has 0 bridgehead atoms. The fourth-order valence-electron chi connectivity index (χ4n) is 4.96. The summed E-state index contributed by atoms with van der Waals surface area (Å²) in [5.74, 6) is 1.56. The lowest BCUT2D eigenvalue weighted by Crippen LogP contribution is -2.13. The van der Waals surface area contributed by atoms with E-state index >= 15 is 0 Å². The maximum atomic E-state index is 13.4. The zero-order valence-corrected chi connectivity index (χ0v) is 16.2. The third kappa shape index (κ3) is 5.41. The molecule has 2 heteroatoms. The summed E-state index contributed by atoms with van der Waals surface area (Å²) >= 11 is 0. The molecule has 2 saturated carbocycles. The van der Waals surface area contributed by atoms with Crippen LogP contribution in [-0.4, -0.2) is 0 Å². The van der Waals surface area contributed by atoms with Gasteiger partial charge < -0.3 is 0 Å². The Labute approximate surface area is 158 Å². The van der Waals surface area contributed by atoms with Crippen LogP contribution in [0.1, 0.15) is 89.0 Å². The molecule has 2 fully saturated rings. The number of halogens is 2. The first-order valence-electron chi connectivity index (χ1n) is 10.8. The molecule has 0 aliphatic heterocycles. The predicted molar refractivity (Wildman–Crippen MR) is 105 cm³/mol. The lowest BCUT2D eigenvalue weighted by Gasteiger charge is -2.29. The summed E-state index contributed by atoms with van der Waals surface area (Å²) in [7, 11) is 0. The molecule has 0 amide bonds. The van der Waals surface area contributed by atoms with E-state index in [1.807, 2.05) is 0 Å². The van der Waals surface area contributed by atoms with Gasteiger partial charge >= 0.3 is 0 Å². The molecule has 0 saturated heterocycles. The molecule has 0 unspecified atom stereocenters. The molecule has 0 heterocycles. The van der Waals surface area contributed by atoms with Crippen LogP contribution in [0.2, 0.25) is 0 Å². The first kappa shape index (κ1) is 19.6. The molecule has 1 aromatic rings. The molecule has 1 aromatic carbocycles. The lowest BCUT2D eigenvalue weighted by molar-refractivity contribution is 0.301. The molecule has 144 valence electrons. The van der Waals surface area contributed by atoms with Gasteiger partial charge in [-0.15, -0.1) is 0 Å². The maximum Gasteiger partial charge on any atom is 0.159 e. The molecule has 0 atom stereocenters. The van der Waals surface area contributed by atoms with Gasteiger partial charge in [-0.25, -0.2) is 8.78 Å². The Bertz CT molecular complexity index is 576. The largest absolute Gasteiger partial charge is 0.204 e. The fourth-order valence-corrected chi connectivity index (χ4v) is 4.96. The Balaban J connectivity index is 1.35. The number of hydrogen-bond acceptors (Lipinski definition) is 0. The van der Waals surface area contributed by atoms with Gasteiger partial charge in [0.2, 0.25) is 0 Å². The smallest absolute Gasteiger partial charge is 0.159 e. The lowest BCUT2D eigenvalue weighted by atomic mass is 9.77. The van der Waals surface area contributed by atoms with Gasteiger partial charge in [-0.3, -0.25) is 0 Å². The van der Waals surface area contributed by atoms with Crippen LogP contribution in [0.25, 0.3) is 0 Å². The van der Waals surface area contributed by atoms with Crippen LogP contribution in [0.4, 0.5) is 8.78 Å². The highest BCUT2D eigenvalue weighted by Crippen LogP contribution is 2.38. The Morgan fingerprint density at radius 3 is 2.23 bits per heavy atom. The van der Waals surface area contributed by atoms with Gasteiger partial charge in [0.25, 0.3) is 0 Å². The van der Waals surface area contributed by atoms with E-state index in [0.717, 1.165) is 36.2 Å². The van der Waals surface area contributed by atoms with Crippen molar-refractivity contribution in [2.75, 3.05) is 0 Å². The van der Waals surface area contributed by atoms with Crippen molar-refractivity contribution in [3.05, 3.63) is 47.5 Å². The SMILES string of the molecule is CCC1CCC(/C=C/CCC2CCC(c3ccc(F)c(F)c3)CC2)CC1. The molecule has 0 aromatic heterocycles. The van der Waals surface area contributed by atoms with E-state index in [0.29, 0.717) is 5.92 Å². The van der Waals surface area contributed by atoms with Gasteiger partial charge in [-0.05, 0) is 106 Å². The van der Waals surface area contributed by atoms with Gasteiger partial charge in [-0.2, -0.15) is 0 Å². The second-order valence-electron chi connectivity index (χ2n) is 8.59. The van der Waals surface area contributed by atoms with Crippen molar-refractivity contribution >= 4 is 0 Å². The van der Waals surface area contributed by atoms with Crippen LogP contribution in [0.3, 0.4) is 0 Å². The molecular weight excluding hydrogens is 326 g/mol. The van der Waals surface area contributed by atoms with Crippen LogP contribution < -0.4 is 0 Å². The van der Waals surface area contributed by atoms with Crippen molar-refractivity contribution < 1.29 is 8.78 Å². The Hall–Kier alpha value is -1.18. The third-order valence-corrected chi connectivity index (χ3v) is 6.88. The second kappa shape index (κ2) is 9.67. The minimum atomic E-state index is -0.739. The molecule has 0 radical (unpaired) electrons. The van der Waals surface area contributed by atoms with Crippen LogP contribution >= 0.6 is 0 Å². The zero-order valence-electron chi connectivity index (χ0n) is 16.2. The predicted octanol–water partition coefficient (Wildman–Crippen LogP) is 7.79. The van der Waals surface area contributed by atoms with Crippen molar-refractivity contribution in [2.45, 2.75) is 83.5 Å². The summed E-state index contributed by atoms with van der Waals surface area (Å²) < 4.78 is 26.5. The average molecular weight is 361 g/mol. The van der Waals surface area contributed by atoms with E-state index < -0.39 is 11.6 Å². The molecule has 0 spiro atoms. The quantitative estimate of drug-likeness (QED) is 0.454. The van der Waals surface area contributed by atoms with Gasteiger partial charge in [0, 0.05) is 0 Å². The van der Waals surface area contributed by atoms with Crippen LogP contribution in [-0.2, 0) is 0 Å². The first-order valence-corrected chi connectivity index (χ1v) is 10.8.